The fourth-order valence-electron chi connectivity index (χ4n) is 3.02. The Labute approximate surface area is 145 Å². The molecule has 1 fully saturated rings. The number of aryl methyl sites for hydroxylation is 1. The molecule has 0 aliphatic carbocycles. The molecule has 1 saturated heterocycles. The molecule has 0 saturated carbocycles. The molecule has 0 bridgehead atoms. The number of amides is 1. The zero-order valence-electron chi connectivity index (χ0n) is 15.3. The van der Waals surface area contributed by atoms with Crippen LogP contribution in [0.3, 0.4) is 0 Å². The Morgan fingerprint density at radius 2 is 2.08 bits per heavy atom. The van der Waals surface area contributed by atoms with Crippen molar-refractivity contribution in [3.8, 4) is 0 Å². The van der Waals surface area contributed by atoms with E-state index >= 15 is 0 Å². The molecule has 6 heteroatoms. The number of hydrogen-bond donors (Lipinski definition) is 1. The second-order valence-corrected chi connectivity index (χ2v) is 6.69. The number of carbonyl (C=O) groups excluding carboxylic acids is 1. The van der Waals surface area contributed by atoms with E-state index in [-0.39, 0.29) is 5.91 Å². The summed E-state index contributed by atoms with van der Waals surface area (Å²) in [5.74, 6) is 0.255. The lowest BCUT2D eigenvalue weighted by Gasteiger charge is -2.37. The summed E-state index contributed by atoms with van der Waals surface area (Å²) in [6.45, 7) is 16.0. The summed E-state index contributed by atoms with van der Waals surface area (Å²) in [5, 5.41) is 7.79. The van der Waals surface area contributed by atoms with Gasteiger partial charge in [-0.15, -0.1) is 6.58 Å². The lowest BCUT2D eigenvalue weighted by Crippen LogP contribution is -2.51. The van der Waals surface area contributed by atoms with Crippen LogP contribution in [0.5, 0.6) is 0 Å². The Bertz CT molecular complexity index is 544. The quantitative estimate of drug-likeness (QED) is 0.577. The predicted molar refractivity (Wildman–Crippen MR) is 96.8 cm³/mol. The lowest BCUT2D eigenvalue weighted by atomic mass is 10.2. The number of nitrogens with zero attached hydrogens (tertiary/aromatic N) is 4. The average molecular weight is 333 g/mol. The largest absolute Gasteiger partial charge is 0.340 e. The molecular weight excluding hydrogens is 302 g/mol. The first kappa shape index (κ1) is 18.7. The Morgan fingerprint density at radius 1 is 1.38 bits per heavy atom. The number of aromatic nitrogens is 2. The van der Waals surface area contributed by atoms with Crippen LogP contribution in [0.2, 0.25) is 0 Å². The summed E-state index contributed by atoms with van der Waals surface area (Å²) in [6.07, 6.45) is 4.43. The van der Waals surface area contributed by atoms with Crippen molar-refractivity contribution in [2.45, 2.75) is 46.3 Å². The first-order valence-electron chi connectivity index (χ1n) is 8.87. The summed E-state index contributed by atoms with van der Waals surface area (Å²) in [6, 6.07) is 0.564. The highest BCUT2D eigenvalue weighted by molar-refractivity contribution is 5.76. The number of hydrogen-bond acceptors (Lipinski definition) is 4. The summed E-state index contributed by atoms with van der Waals surface area (Å²) in [4.78, 5) is 16.7. The van der Waals surface area contributed by atoms with Gasteiger partial charge in [-0.05, 0) is 20.8 Å². The first-order chi connectivity index (χ1) is 11.5. The van der Waals surface area contributed by atoms with Gasteiger partial charge in [0.15, 0.2) is 0 Å². The number of piperazine rings is 1. The van der Waals surface area contributed by atoms with Crippen molar-refractivity contribution in [1.29, 1.82) is 0 Å². The van der Waals surface area contributed by atoms with Gasteiger partial charge in [-0.2, -0.15) is 5.10 Å². The molecular formula is C18H31N5O. The number of rotatable bonds is 8. The molecule has 0 atom stereocenters. The van der Waals surface area contributed by atoms with Gasteiger partial charge in [-0.3, -0.25) is 14.4 Å². The monoisotopic (exact) mass is 333 g/mol. The third kappa shape index (κ3) is 5.18. The van der Waals surface area contributed by atoms with E-state index in [4.69, 9.17) is 0 Å². The van der Waals surface area contributed by atoms with Gasteiger partial charge in [0, 0.05) is 63.5 Å². The van der Waals surface area contributed by atoms with Gasteiger partial charge in [0.25, 0.3) is 0 Å². The van der Waals surface area contributed by atoms with Crippen molar-refractivity contribution in [2.75, 3.05) is 32.7 Å². The van der Waals surface area contributed by atoms with E-state index in [2.05, 4.69) is 35.7 Å². The third-order valence-electron chi connectivity index (χ3n) is 4.59. The van der Waals surface area contributed by atoms with Gasteiger partial charge in [0.2, 0.25) is 5.91 Å². The molecule has 1 amide bonds. The molecule has 0 radical (unpaired) electrons. The van der Waals surface area contributed by atoms with Crippen molar-refractivity contribution in [3.05, 3.63) is 30.1 Å². The zero-order chi connectivity index (χ0) is 17.5. The molecule has 0 unspecified atom stereocenters. The number of carbonyl (C=O) groups is 1. The fraction of sp³-hybridized carbons (Fsp3) is 0.667. The number of nitrogens with one attached hydrogen (secondary N) is 1. The third-order valence-corrected chi connectivity index (χ3v) is 4.59. The van der Waals surface area contributed by atoms with E-state index in [0.29, 0.717) is 19.0 Å². The van der Waals surface area contributed by atoms with E-state index in [0.717, 1.165) is 45.0 Å². The molecule has 134 valence electrons. The second kappa shape index (κ2) is 8.99. The second-order valence-electron chi connectivity index (χ2n) is 6.69. The number of allylic oxidation sites excluding steroid dienone is 1. The van der Waals surface area contributed by atoms with Crippen LogP contribution < -0.4 is 5.32 Å². The van der Waals surface area contributed by atoms with Crippen LogP contribution in [0, 0.1) is 6.92 Å². The molecule has 1 N–H and O–H groups in total. The molecule has 1 aromatic heterocycles. The molecule has 2 rings (SSSR count). The van der Waals surface area contributed by atoms with E-state index in [1.165, 1.54) is 5.56 Å². The van der Waals surface area contributed by atoms with E-state index in [9.17, 15) is 4.79 Å². The van der Waals surface area contributed by atoms with Gasteiger partial charge >= 0.3 is 0 Å². The van der Waals surface area contributed by atoms with Crippen LogP contribution in [0.4, 0.5) is 0 Å². The maximum Gasteiger partial charge on any atom is 0.223 e. The lowest BCUT2D eigenvalue weighted by molar-refractivity contribution is -0.133. The van der Waals surface area contributed by atoms with Crippen LogP contribution in [-0.2, 0) is 17.9 Å². The highest BCUT2D eigenvalue weighted by atomic mass is 16.2. The molecule has 6 nitrogen and oxygen atoms in total. The van der Waals surface area contributed by atoms with Crippen LogP contribution in [0.15, 0.2) is 18.9 Å². The molecule has 24 heavy (non-hydrogen) atoms. The van der Waals surface area contributed by atoms with Gasteiger partial charge in [-0.1, -0.05) is 6.08 Å². The summed E-state index contributed by atoms with van der Waals surface area (Å²) < 4.78 is 1.89. The van der Waals surface area contributed by atoms with Crippen LogP contribution in [0.1, 0.15) is 31.5 Å². The standard InChI is InChI=1S/C18H31N5O/c1-5-8-23-14-17(16(4)20-23)13-19-7-6-18(24)22-11-9-21(10-12-22)15(2)3/h5,14-15,19H,1,6-13H2,2-4H3. The SMILES string of the molecule is C=CCn1cc(CNCCC(=O)N2CCN(C(C)C)CC2)c(C)n1. The minimum absolute atomic E-state index is 0.255. The minimum Gasteiger partial charge on any atom is -0.340 e. The Hall–Kier alpha value is -1.66. The average Bonchev–Trinajstić information content (AvgIpc) is 2.91. The smallest absolute Gasteiger partial charge is 0.223 e. The molecule has 1 aliphatic heterocycles. The maximum atomic E-state index is 12.3. The molecule has 2 heterocycles. The highest BCUT2D eigenvalue weighted by Crippen LogP contribution is 2.08. The van der Waals surface area contributed by atoms with Gasteiger partial charge in [-0.25, -0.2) is 0 Å². The molecule has 1 aromatic rings. The highest BCUT2D eigenvalue weighted by Gasteiger charge is 2.21. The van der Waals surface area contributed by atoms with Gasteiger partial charge in [0.05, 0.1) is 12.2 Å². The zero-order valence-corrected chi connectivity index (χ0v) is 15.3. The first-order valence-corrected chi connectivity index (χ1v) is 8.87. The molecule has 0 aromatic carbocycles. The Morgan fingerprint density at radius 3 is 2.71 bits per heavy atom. The Balaban J connectivity index is 1.67. The van der Waals surface area contributed by atoms with Crippen molar-refractivity contribution in [2.24, 2.45) is 0 Å². The summed E-state index contributed by atoms with van der Waals surface area (Å²) in [7, 11) is 0. The van der Waals surface area contributed by atoms with Crippen LogP contribution >= 0.6 is 0 Å². The van der Waals surface area contributed by atoms with E-state index in [1.807, 2.05) is 28.8 Å². The maximum absolute atomic E-state index is 12.3. The van der Waals surface area contributed by atoms with Crippen molar-refractivity contribution < 1.29 is 4.79 Å². The van der Waals surface area contributed by atoms with Crippen molar-refractivity contribution in [1.82, 2.24) is 24.9 Å². The minimum atomic E-state index is 0.255. The topological polar surface area (TPSA) is 53.4 Å². The fourth-order valence-corrected chi connectivity index (χ4v) is 3.02. The Kier molecular flexibility index (Phi) is 6.99. The summed E-state index contributed by atoms with van der Waals surface area (Å²) in [5.41, 5.74) is 2.20. The normalized spacial score (nSPS) is 15.9. The predicted octanol–water partition coefficient (Wildman–Crippen LogP) is 1.41. The van der Waals surface area contributed by atoms with E-state index in [1.54, 1.807) is 0 Å². The van der Waals surface area contributed by atoms with Gasteiger partial charge in [0.1, 0.15) is 0 Å². The van der Waals surface area contributed by atoms with Gasteiger partial charge < -0.3 is 10.2 Å². The molecule has 0 spiro atoms. The van der Waals surface area contributed by atoms with Crippen molar-refractivity contribution >= 4 is 5.91 Å². The van der Waals surface area contributed by atoms with Crippen LogP contribution in [-0.4, -0.2) is 64.3 Å². The van der Waals surface area contributed by atoms with Crippen molar-refractivity contribution in [3.63, 3.8) is 0 Å². The summed E-state index contributed by atoms with van der Waals surface area (Å²) >= 11 is 0. The van der Waals surface area contributed by atoms with Crippen LogP contribution in [0.25, 0.3) is 0 Å². The molecule has 1 aliphatic rings. The van der Waals surface area contributed by atoms with E-state index < -0.39 is 0 Å².